The van der Waals surface area contributed by atoms with Crippen LogP contribution >= 0.6 is 11.6 Å². The molecule has 0 N–H and O–H groups in total. The zero-order chi connectivity index (χ0) is 21.2. The van der Waals surface area contributed by atoms with E-state index in [1.807, 2.05) is 13.8 Å². The van der Waals surface area contributed by atoms with Crippen LogP contribution in [0.5, 0.6) is 0 Å². The van der Waals surface area contributed by atoms with Crippen LogP contribution in [0.3, 0.4) is 0 Å². The molecular weight excluding hydrogens is 398 g/mol. The van der Waals surface area contributed by atoms with Gasteiger partial charge in [0, 0.05) is 40.7 Å². The normalized spacial score (nSPS) is 24.9. The lowest BCUT2D eigenvalue weighted by Crippen LogP contribution is -2.46. The molecule has 0 spiro atoms. The van der Waals surface area contributed by atoms with Gasteiger partial charge in [-0.25, -0.2) is 0 Å². The number of hydrogen-bond donors (Lipinski definition) is 0. The molecule has 160 valence electrons. The van der Waals surface area contributed by atoms with Crippen molar-refractivity contribution in [1.29, 1.82) is 0 Å². The second kappa shape index (κ2) is 12.5. The molecule has 1 rings (SSSR count). The third kappa shape index (κ3) is 7.11. The number of hydrogen-bond acceptors (Lipinski definition) is 5. The number of nitrogens with zero attached hydrogens (tertiary/aromatic N) is 1. The summed E-state index contributed by atoms with van der Waals surface area (Å²) in [5, 5.41) is 4.09. The Morgan fingerprint density at radius 2 is 1.96 bits per heavy atom. The molecule has 7 heteroatoms. The van der Waals surface area contributed by atoms with E-state index in [9.17, 15) is 13.8 Å². The summed E-state index contributed by atoms with van der Waals surface area (Å²) in [5.74, 6) is 0.547. The molecule has 5 nitrogen and oxygen atoms in total. The number of Topliss-reactive ketones (excluding diaryl/α,β-unsaturated/α-hetero) is 2. The summed E-state index contributed by atoms with van der Waals surface area (Å²) < 4.78 is 11.8. The third-order valence-electron chi connectivity index (χ3n) is 5.57. The lowest BCUT2D eigenvalue weighted by molar-refractivity contribution is -0.139. The van der Waals surface area contributed by atoms with Gasteiger partial charge in [0.05, 0.1) is 5.71 Å². The highest BCUT2D eigenvalue weighted by Gasteiger charge is 2.47. The van der Waals surface area contributed by atoms with Crippen LogP contribution in [0.1, 0.15) is 66.2 Å². The number of halogens is 1. The number of oxime groups is 1. The number of rotatable bonds is 12. The van der Waals surface area contributed by atoms with E-state index in [2.05, 4.69) is 19.0 Å². The summed E-state index contributed by atoms with van der Waals surface area (Å²) in [6, 6.07) is 0. The Balaban J connectivity index is 2.95. The van der Waals surface area contributed by atoms with Gasteiger partial charge in [0.25, 0.3) is 0 Å². The van der Waals surface area contributed by atoms with Crippen molar-refractivity contribution in [3.05, 3.63) is 11.6 Å². The maximum absolute atomic E-state index is 13.0. The van der Waals surface area contributed by atoms with Crippen LogP contribution in [0, 0.1) is 17.3 Å². The summed E-state index contributed by atoms with van der Waals surface area (Å²) in [4.78, 5) is 31.3. The Morgan fingerprint density at radius 3 is 2.46 bits per heavy atom. The molecule has 0 bridgehead atoms. The highest BCUT2D eigenvalue weighted by Crippen LogP contribution is 2.45. The van der Waals surface area contributed by atoms with Gasteiger partial charge in [-0.15, -0.1) is 0 Å². The van der Waals surface area contributed by atoms with E-state index in [1.54, 1.807) is 6.08 Å². The molecule has 28 heavy (non-hydrogen) atoms. The second-order valence-electron chi connectivity index (χ2n) is 7.76. The fraction of sp³-hybridized carbons (Fsp3) is 0.762. The lowest BCUT2D eigenvalue weighted by atomic mass is 9.60. The summed E-state index contributed by atoms with van der Waals surface area (Å²) in [5.41, 5.74) is 1.52. The van der Waals surface area contributed by atoms with Crippen LogP contribution in [0.4, 0.5) is 0 Å². The molecule has 0 saturated heterocycles. The molecule has 0 radical (unpaired) electrons. The minimum absolute atomic E-state index is 0.0646. The first-order chi connectivity index (χ1) is 13.3. The number of carbonyl (C=O) groups excluding carboxylic acids is 2. The lowest BCUT2D eigenvalue weighted by Gasteiger charge is -2.42. The molecule has 0 amide bonds. The molecule has 1 saturated carbocycles. The van der Waals surface area contributed by atoms with Crippen molar-refractivity contribution in [2.75, 3.05) is 18.1 Å². The number of ketones is 2. The highest BCUT2D eigenvalue weighted by molar-refractivity contribution is 7.84. The van der Waals surface area contributed by atoms with Gasteiger partial charge in [-0.05, 0) is 36.7 Å². The molecule has 0 aromatic heterocycles. The largest absolute Gasteiger partial charge is 0.392 e. The molecule has 1 atom stereocenters. The molecular formula is C21H34ClNO4S. The van der Waals surface area contributed by atoms with Crippen molar-refractivity contribution in [2.45, 2.75) is 66.2 Å². The molecule has 1 fully saturated rings. The van der Waals surface area contributed by atoms with Gasteiger partial charge in [0.2, 0.25) is 0 Å². The van der Waals surface area contributed by atoms with Crippen LogP contribution in [-0.4, -0.2) is 39.6 Å². The van der Waals surface area contributed by atoms with Crippen molar-refractivity contribution < 1.29 is 18.6 Å². The van der Waals surface area contributed by atoms with Crippen molar-refractivity contribution >= 4 is 39.7 Å². The quantitative estimate of drug-likeness (QED) is 0.195. The van der Waals surface area contributed by atoms with Crippen LogP contribution in [0.15, 0.2) is 16.8 Å². The van der Waals surface area contributed by atoms with Crippen molar-refractivity contribution in [1.82, 2.24) is 0 Å². The molecule has 0 aliphatic heterocycles. The van der Waals surface area contributed by atoms with E-state index in [4.69, 9.17) is 16.4 Å². The van der Waals surface area contributed by atoms with Gasteiger partial charge in [-0.1, -0.05) is 50.9 Å². The first-order valence-corrected chi connectivity index (χ1v) is 12.1. The van der Waals surface area contributed by atoms with Gasteiger partial charge >= 0.3 is 0 Å². The Hall–Kier alpha value is -1.01. The average Bonchev–Trinajstić information content (AvgIpc) is 2.64. The van der Waals surface area contributed by atoms with E-state index < -0.39 is 16.7 Å². The monoisotopic (exact) mass is 431 g/mol. The second-order valence-corrected chi connectivity index (χ2v) is 9.88. The molecule has 1 aliphatic carbocycles. The van der Waals surface area contributed by atoms with Crippen LogP contribution in [0.25, 0.3) is 0 Å². The average molecular weight is 432 g/mol. The van der Waals surface area contributed by atoms with E-state index >= 15 is 0 Å². The topological polar surface area (TPSA) is 72.8 Å². The van der Waals surface area contributed by atoms with Crippen molar-refractivity contribution in [3.8, 4) is 0 Å². The molecule has 0 aromatic carbocycles. The summed E-state index contributed by atoms with van der Waals surface area (Å²) in [7, 11) is -0.823. The molecule has 0 aromatic rings. The predicted octanol–water partition coefficient (Wildman–Crippen LogP) is 4.65. The van der Waals surface area contributed by atoms with Gasteiger partial charge in [0.15, 0.2) is 0 Å². The van der Waals surface area contributed by atoms with Gasteiger partial charge in [-0.2, -0.15) is 0 Å². The van der Waals surface area contributed by atoms with Crippen LogP contribution in [-0.2, 0) is 25.2 Å². The first kappa shape index (κ1) is 25.0. The van der Waals surface area contributed by atoms with E-state index in [0.717, 1.165) is 19.3 Å². The Labute approximate surface area is 176 Å². The van der Waals surface area contributed by atoms with Gasteiger partial charge in [0.1, 0.15) is 24.1 Å². The Morgan fingerprint density at radius 1 is 1.32 bits per heavy atom. The van der Waals surface area contributed by atoms with Crippen molar-refractivity contribution in [3.63, 3.8) is 0 Å². The standard InChI is InChI=1S/C21H34ClNO4S/c1-5-9-17(23-27-12-8-11-22)20-18(24)14-21(16(3)4,15-19(20)25)10-7-13-28(26)6-2/h8,11,16,20H,5-7,9-10,12-15H2,1-4H3/b11-8+,23-17?. The summed E-state index contributed by atoms with van der Waals surface area (Å²) >= 11 is 5.47. The van der Waals surface area contributed by atoms with Gasteiger partial charge in [-0.3, -0.25) is 13.8 Å². The van der Waals surface area contributed by atoms with E-state index in [1.165, 1.54) is 5.54 Å². The van der Waals surface area contributed by atoms with Gasteiger partial charge < -0.3 is 4.84 Å². The first-order valence-electron chi connectivity index (χ1n) is 10.2. The zero-order valence-electron chi connectivity index (χ0n) is 17.5. The Kier molecular flexibility index (Phi) is 11.2. The highest BCUT2D eigenvalue weighted by atomic mass is 35.5. The Bertz CT molecular complexity index is 598. The smallest absolute Gasteiger partial charge is 0.149 e. The predicted molar refractivity (Wildman–Crippen MR) is 116 cm³/mol. The SMILES string of the molecule is CCCC(=NOC/C=C/Cl)C1C(=O)CC(CCCS(=O)CC)(C(C)C)CC1=O. The van der Waals surface area contributed by atoms with Crippen molar-refractivity contribution in [2.24, 2.45) is 22.4 Å². The minimum Gasteiger partial charge on any atom is -0.392 e. The van der Waals surface area contributed by atoms with E-state index in [0.29, 0.717) is 36.5 Å². The maximum Gasteiger partial charge on any atom is 0.149 e. The van der Waals surface area contributed by atoms with Crippen LogP contribution < -0.4 is 0 Å². The summed E-state index contributed by atoms with van der Waals surface area (Å²) in [6.45, 7) is 8.24. The van der Waals surface area contributed by atoms with E-state index in [-0.39, 0.29) is 29.5 Å². The fourth-order valence-corrected chi connectivity index (χ4v) is 4.64. The molecule has 1 aliphatic rings. The minimum atomic E-state index is -0.823. The van der Waals surface area contributed by atoms with Crippen LogP contribution in [0.2, 0.25) is 0 Å². The number of carbonyl (C=O) groups is 2. The molecule has 1 unspecified atom stereocenters. The molecule has 0 heterocycles. The fourth-order valence-electron chi connectivity index (χ4n) is 3.81. The third-order valence-corrected chi connectivity index (χ3v) is 7.14. The maximum atomic E-state index is 13.0. The summed E-state index contributed by atoms with van der Waals surface area (Å²) in [6.07, 6.45) is 5.18. The zero-order valence-corrected chi connectivity index (χ0v) is 19.1.